The highest BCUT2D eigenvalue weighted by atomic mass is 32.2. The first-order valence-electron chi connectivity index (χ1n) is 5.99. The van der Waals surface area contributed by atoms with Crippen LogP contribution >= 0.6 is 0 Å². The molecule has 7 nitrogen and oxygen atoms in total. The molecule has 116 valence electrons. The van der Waals surface area contributed by atoms with Gasteiger partial charge in [0.25, 0.3) is 5.91 Å². The minimum atomic E-state index is -3.91. The van der Waals surface area contributed by atoms with Crippen molar-refractivity contribution in [3.8, 4) is 5.75 Å². The van der Waals surface area contributed by atoms with Crippen molar-refractivity contribution in [1.82, 2.24) is 5.32 Å². The zero-order valence-corrected chi connectivity index (χ0v) is 12.9. The second-order valence-corrected chi connectivity index (χ2v) is 7.05. The Bertz CT molecular complexity index is 672. The number of hydrogen-bond donors (Lipinski definition) is 2. The predicted molar refractivity (Wildman–Crippen MR) is 76.1 cm³/mol. The van der Waals surface area contributed by atoms with Crippen LogP contribution in [0.2, 0.25) is 0 Å². The van der Waals surface area contributed by atoms with Crippen LogP contribution in [0.5, 0.6) is 5.75 Å². The lowest BCUT2D eigenvalue weighted by atomic mass is 10.0. The molecule has 0 spiro atoms. The van der Waals surface area contributed by atoms with E-state index in [0.717, 1.165) is 6.26 Å². The highest BCUT2D eigenvalue weighted by molar-refractivity contribution is 7.86. The van der Waals surface area contributed by atoms with Gasteiger partial charge in [0.05, 0.1) is 11.8 Å². The summed E-state index contributed by atoms with van der Waals surface area (Å²) in [4.78, 5) is 23.5. The summed E-state index contributed by atoms with van der Waals surface area (Å²) in [5.74, 6) is -2.47. The van der Waals surface area contributed by atoms with Gasteiger partial charge in [0.1, 0.15) is 5.56 Å². The van der Waals surface area contributed by atoms with Gasteiger partial charge in [-0.1, -0.05) is 6.07 Å². The number of amides is 1. The van der Waals surface area contributed by atoms with E-state index < -0.39 is 38.8 Å². The number of nitrogens with one attached hydrogen (secondary N) is 1. The Hall–Kier alpha value is -2.09. The summed E-state index contributed by atoms with van der Waals surface area (Å²) in [6, 6.07) is 3.82. The van der Waals surface area contributed by atoms with E-state index >= 15 is 0 Å². The number of rotatable bonds is 4. The third-order valence-electron chi connectivity index (χ3n) is 2.21. The van der Waals surface area contributed by atoms with Gasteiger partial charge in [-0.15, -0.1) is 0 Å². The summed E-state index contributed by atoms with van der Waals surface area (Å²) < 4.78 is 27.0. The third kappa shape index (κ3) is 5.07. The van der Waals surface area contributed by atoms with E-state index in [2.05, 4.69) is 9.50 Å². The van der Waals surface area contributed by atoms with E-state index in [-0.39, 0.29) is 5.56 Å². The Morgan fingerprint density at radius 3 is 2.24 bits per heavy atom. The molecule has 21 heavy (non-hydrogen) atoms. The highest BCUT2D eigenvalue weighted by Crippen LogP contribution is 2.24. The maximum absolute atomic E-state index is 12.1. The zero-order valence-electron chi connectivity index (χ0n) is 12.1. The van der Waals surface area contributed by atoms with Crippen molar-refractivity contribution in [1.29, 1.82) is 0 Å². The Morgan fingerprint density at radius 1 is 1.24 bits per heavy atom. The maximum atomic E-state index is 12.1. The van der Waals surface area contributed by atoms with Crippen LogP contribution in [-0.2, 0) is 10.1 Å². The second kappa shape index (κ2) is 5.72. The van der Waals surface area contributed by atoms with Crippen molar-refractivity contribution in [2.24, 2.45) is 0 Å². The standard InChI is InChI=1S/C13H17NO6S/c1-13(2,3)14-11(15)8-6-5-7-9(10(8)12(16)17)20-21(4,18)19/h5-7H,1-4H3,(H,14,15)(H,16,17). The number of aromatic carboxylic acids is 1. The second-order valence-electron chi connectivity index (χ2n) is 5.48. The Kier molecular flexibility index (Phi) is 4.62. The molecule has 1 aromatic carbocycles. The third-order valence-corrected chi connectivity index (χ3v) is 2.70. The topological polar surface area (TPSA) is 110 Å². The van der Waals surface area contributed by atoms with Gasteiger partial charge in [-0.25, -0.2) is 4.79 Å². The van der Waals surface area contributed by atoms with Gasteiger partial charge in [0, 0.05) is 5.54 Å². The number of carbonyl (C=O) groups is 2. The van der Waals surface area contributed by atoms with Gasteiger partial charge in [0.2, 0.25) is 0 Å². The lowest BCUT2D eigenvalue weighted by molar-refractivity contribution is 0.0687. The van der Waals surface area contributed by atoms with Crippen LogP contribution < -0.4 is 9.50 Å². The molecule has 0 aromatic heterocycles. The predicted octanol–water partition coefficient (Wildman–Crippen LogP) is 1.25. The maximum Gasteiger partial charge on any atom is 0.340 e. The van der Waals surface area contributed by atoms with E-state index in [0.29, 0.717) is 0 Å². The van der Waals surface area contributed by atoms with Crippen molar-refractivity contribution in [2.75, 3.05) is 6.26 Å². The van der Waals surface area contributed by atoms with Gasteiger partial charge in [-0.3, -0.25) is 4.79 Å². The Balaban J connectivity index is 3.37. The molecule has 0 radical (unpaired) electrons. The fourth-order valence-corrected chi connectivity index (χ4v) is 2.05. The molecule has 0 unspecified atom stereocenters. The van der Waals surface area contributed by atoms with Crippen molar-refractivity contribution in [3.05, 3.63) is 29.3 Å². The molecule has 1 aromatic rings. The highest BCUT2D eigenvalue weighted by Gasteiger charge is 2.25. The fourth-order valence-electron chi connectivity index (χ4n) is 1.58. The molecule has 0 fully saturated rings. The van der Waals surface area contributed by atoms with Crippen LogP contribution in [-0.4, -0.2) is 37.2 Å². The molecule has 0 bridgehead atoms. The smallest absolute Gasteiger partial charge is 0.340 e. The number of benzene rings is 1. The molecule has 0 aliphatic heterocycles. The largest absolute Gasteiger partial charge is 0.478 e. The molecule has 1 amide bonds. The van der Waals surface area contributed by atoms with Crippen LogP contribution in [0.4, 0.5) is 0 Å². The van der Waals surface area contributed by atoms with E-state index in [1.807, 2.05) is 0 Å². The first-order valence-corrected chi connectivity index (χ1v) is 7.80. The average Bonchev–Trinajstić information content (AvgIpc) is 2.23. The molecule has 8 heteroatoms. The molecule has 0 aliphatic carbocycles. The Labute approximate surface area is 123 Å². The summed E-state index contributed by atoms with van der Waals surface area (Å²) in [7, 11) is -3.91. The molecule has 0 saturated carbocycles. The van der Waals surface area contributed by atoms with E-state index in [9.17, 15) is 23.1 Å². The molecule has 0 saturated heterocycles. The lowest BCUT2D eigenvalue weighted by Gasteiger charge is -2.21. The van der Waals surface area contributed by atoms with Gasteiger partial charge in [0.15, 0.2) is 5.75 Å². The molecular formula is C13H17NO6S. The molecular weight excluding hydrogens is 298 g/mol. The number of carbonyl (C=O) groups excluding carboxylic acids is 1. The van der Waals surface area contributed by atoms with Gasteiger partial charge in [-0.2, -0.15) is 8.42 Å². The van der Waals surface area contributed by atoms with Crippen molar-refractivity contribution in [2.45, 2.75) is 26.3 Å². The van der Waals surface area contributed by atoms with Crippen LogP contribution in [0.25, 0.3) is 0 Å². The molecule has 2 N–H and O–H groups in total. The quantitative estimate of drug-likeness (QED) is 0.809. The SMILES string of the molecule is CC(C)(C)NC(=O)c1cccc(OS(C)(=O)=O)c1C(=O)O. The first kappa shape index (κ1) is 17.0. The molecule has 0 aliphatic rings. The van der Waals surface area contributed by atoms with Gasteiger partial charge < -0.3 is 14.6 Å². The summed E-state index contributed by atoms with van der Waals surface area (Å²) in [5.41, 5.74) is -1.23. The molecule has 1 rings (SSSR count). The van der Waals surface area contributed by atoms with Crippen LogP contribution in [0, 0.1) is 0 Å². The summed E-state index contributed by atoms with van der Waals surface area (Å²) in [5, 5.41) is 11.8. The van der Waals surface area contributed by atoms with Crippen LogP contribution in [0.1, 0.15) is 41.5 Å². The van der Waals surface area contributed by atoms with Crippen LogP contribution in [0.3, 0.4) is 0 Å². The Morgan fingerprint density at radius 2 is 1.81 bits per heavy atom. The first-order chi connectivity index (χ1) is 9.41. The number of carboxylic acid groups (broad SMARTS) is 1. The zero-order chi connectivity index (χ0) is 16.4. The van der Waals surface area contributed by atoms with Crippen molar-refractivity contribution in [3.63, 3.8) is 0 Å². The normalized spacial score (nSPS) is 11.8. The summed E-state index contributed by atoms with van der Waals surface area (Å²) >= 11 is 0. The minimum absolute atomic E-state index is 0.168. The molecule has 0 atom stereocenters. The van der Waals surface area contributed by atoms with E-state index in [4.69, 9.17) is 0 Å². The van der Waals surface area contributed by atoms with E-state index in [1.165, 1.54) is 18.2 Å². The number of carboxylic acids is 1. The van der Waals surface area contributed by atoms with Crippen LogP contribution in [0.15, 0.2) is 18.2 Å². The lowest BCUT2D eigenvalue weighted by Crippen LogP contribution is -2.41. The van der Waals surface area contributed by atoms with Crippen molar-refractivity contribution >= 4 is 22.0 Å². The van der Waals surface area contributed by atoms with Gasteiger partial charge in [-0.05, 0) is 32.9 Å². The number of hydrogen-bond acceptors (Lipinski definition) is 5. The summed E-state index contributed by atoms with van der Waals surface area (Å²) in [6.07, 6.45) is 0.792. The molecule has 0 heterocycles. The van der Waals surface area contributed by atoms with Gasteiger partial charge >= 0.3 is 16.1 Å². The minimum Gasteiger partial charge on any atom is -0.478 e. The van der Waals surface area contributed by atoms with E-state index in [1.54, 1.807) is 20.8 Å². The fraction of sp³-hybridized carbons (Fsp3) is 0.385. The summed E-state index contributed by atoms with van der Waals surface area (Å²) in [6.45, 7) is 5.21. The monoisotopic (exact) mass is 315 g/mol. The average molecular weight is 315 g/mol. The van der Waals surface area contributed by atoms with Crippen molar-refractivity contribution < 1.29 is 27.3 Å².